The standard InChI is InChI=1S/C16H15NO/c1-11-7-9-12(10-8-11)14-15(17-14)16(18)13-5-3-2-4-6-13/h2-10,14-15,17H,1H3/t14-,15+/m1/s1. The lowest BCUT2D eigenvalue weighted by atomic mass is 10.0. The van der Waals surface area contributed by atoms with Crippen LogP contribution >= 0.6 is 0 Å². The number of ketones is 1. The minimum atomic E-state index is -0.0601. The monoisotopic (exact) mass is 237 g/mol. The number of Topliss-reactive ketones (excluding diaryl/α,β-unsaturated/α-hetero) is 1. The van der Waals surface area contributed by atoms with Crippen molar-refractivity contribution in [3.63, 3.8) is 0 Å². The van der Waals surface area contributed by atoms with E-state index in [2.05, 4.69) is 36.5 Å². The van der Waals surface area contributed by atoms with Gasteiger partial charge in [0.15, 0.2) is 5.78 Å². The van der Waals surface area contributed by atoms with Crippen LogP contribution in [0, 0.1) is 6.92 Å². The summed E-state index contributed by atoms with van der Waals surface area (Å²) in [6.45, 7) is 2.07. The lowest BCUT2D eigenvalue weighted by Gasteiger charge is -1.99. The van der Waals surface area contributed by atoms with Crippen LogP contribution in [0.4, 0.5) is 0 Å². The number of carbonyl (C=O) groups excluding carboxylic acids is 1. The Kier molecular flexibility index (Phi) is 2.73. The Labute approximate surface area is 107 Å². The van der Waals surface area contributed by atoms with Crippen LogP contribution in [0.15, 0.2) is 54.6 Å². The largest absolute Gasteiger partial charge is 0.297 e. The number of carbonyl (C=O) groups is 1. The molecule has 1 saturated heterocycles. The molecule has 1 fully saturated rings. The van der Waals surface area contributed by atoms with Gasteiger partial charge in [0.2, 0.25) is 0 Å². The van der Waals surface area contributed by atoms with Crippen molar-refractivity contribution in [3.05, 3.63) is 71.3 Å². The Morgan fingerprint density at radius 3 is 2.33 bits per heavy atom. The fourth-order valence-corrected chi connectivity index (χ4v) is 2.21. The van der Waals surface area contributed by atoms with Gasteiger partial charge in [0.25, 0.3) is 0 Å². The van der Waals surface area contributed by atoms with E-state index in [1.54, 1.807) is 0 Å². The maximum absolute atomic E-state index is 12.2. The third-order valence-corrected chi connectivity index (χ3v) is 3.36. The average molecular weight is 237 g/mol. The zero-order chi connectivity index (χ0) is 12.5. The summed E-state index contributed by atoms with van der Waals surface area (Å²) < 4.78 is 0. The van der Waals surface area contributed by atoms with Crippen molar-refractivity contribution >= 4 is 5.78 Å². The van der Waals surface area contributed by atoms with Crippen molar-refractivity contribution in [3.8, 4) is 0 Å². The Bertz CT molecular complexity index is 559. The van der Waals surface area contributed by atoms with E-state index in [1.165, 1.54) is 11.1 Å². The molecule has 0 bridgehead atoms. The molecule has 0 saturated carbocycles. The van der Waals surface area contributed by atoms with Gasteiger partial charge >= 0.3 is 0 Å². The summed E-state index contributed by atoms with van der Waals surface area (Å²) in [5, 5.41) is 3.25. The van der Waals surface area contributed by atoms with Gasteiger partial charge in [-0.1, -0.05) is 60.2 Å². The molecule has 18 heavy (non-hydrogen) atoms. The predicted octanol–water partition coefficient (Wildman–Crippen LogP) is 2.89. The molecule has 1 N–H and O–H groups in total. The van der Waals surface area contributed by atoms with Crippen molar-refractivity contribution in [2.45, 2.75) is 19.0 Å². The summed E-state index contributed by atoms with van der Waals surface area (Å²) in [5.74, 6) is 0.182. The van der Waals surface area contributed by atoms with E-state index in [0.717, 1.165) is 5.56 Å². The van der Waals surface area contributed by atoms with Gasteiger partial charge in [-0.3, -0.25) is 10.1 Å². The molecule has 0 unspecified atom stereocenters. The molecule has 0 spiro atoms. The van der Waals surface area contributed by atoms with Gasteiger partial charge < -0.3 is 0 Å². The molecule has 2 nitrogen and oxygen atoms in total. The second-order valence-electron chi connectivity index (χ2n) is 4.76. The van der Waals surface area contributed by atoms with Gasteiger partial charge in [-0.25, -0.2) is 0 Å². The first-order valence-electron chi connectivity index (χ1n) is 6.17. The quantitative estimate of drug-likeness (QED) is 0.658. The predicted molar refractivity (Wildman–Crippen MR) is 71.6 cm³/mol. The molecule has 2 heteroatoms. The first-order valence-corrected chi connectivity index (χ1v) is 6.17. The Morgan fingerprint density at radius 1 is 1.00 bits per heavy atom. The van der Waals surface area contributed by atoms with E-state index in [9.17, 15) is 4.79 Å². The molecule has 0 amide bonds. The first-order chi connectivity index (χ1) is 8.75. The first kappa shape index (κ1) is 11.2. The van der Waals surface area contributed by atoms with Crippen LogP contribution < -0.4 is 5.32 Å². The molecular weight excluding hydrogens is 222 g/mol. The van der Waals surface area contributed by atoms with Crippen LogP contribution in [0.3, 0.4) is 0 Å². The van der Waals surface area contributed by atoms with Gasteiger partial charge in [0.1, 0.15) is 0 Å². The molecule has 0 aliphatic carbocycles. The van der Waals surface area contributed by atoms with Crippen LogP contribution in [0.2, 0.25) is 0 Å². The number of rotatable bonds is 3. The summed E-state index contributed by atoms with van der Waals surface area (Å²) in [5.41, 5.74) is 3.21. The van der Waals surface area contributed by atoms with Crippen LogP contribution in [0.1, 0.15) is 27.5 Å². The van der Waals surface area contributed by atoms with Gasteiger partial charge in [-0.15, -0.1) is 0 Å². The lowest BCUT2D eigenvalue weighted by Crippen LogP contribution is -2.09. The van der Waals surface area contributed by atoms with E-state index in [-0.39, 0.29) is 17.9 Å². The number of nitrogens with one attached hydrogen (secondary N) is 1. The summed E-state index contributed by atoms with van der Waals surface area (Å²) in [6, 6.07) is 17.9. The number of aryl methyl sites for hydroxylation is 1. The second-order valence-corrected chi connectivity index (χ2v) is 4.76. The third kappa shape index (κ3) is 2.07. The number of hydrogen-bond acceptors (Lipinski definition) is 2. The highest BCUT2D eigenvalue weighted by Crippen LogP contribution is 2.32. The fourth-order valence-electron chi connectivity index (χ4n) is 2.21. The Hall–Kier alpha value is -1.93. The van der Waals surface area contributed by atoms with Gasteiger partial charge in [0.05, 0.1) is 12.1 Å². The highest BCUT2D eigenvalue weighted by Gasteiger charge is 2.43. The zero-order valence-electron chi connectivity index (χ0n) is 10.3. The highest BCUT2D eigenvalue weighted by atomic mass is 16.1. The van der Waals surface area contributed by atoms with Crippen LogP contribution in [0.5, 0.6) is 0 Å². The second kappa shape index (κ2) is 4.39. The number of hydrogen-bond donors (Lipinski definition) is 1. The normalized spacial score (nSPS) is 21.6. The average Bonchev–Trinajstić information content (AvgIpc) is 3.20. The molecular formula is C16H15NO. The van der Waals surface area contributed by atoms with E-state index in [4.69, 9.17) is 0 Å². The topological polar surface area (TPSA) is 39.0 Å². The van der Waals surface area contributed by atoms with Gasteiger partial charge in [0, 0.05) is 5.56 Å². The third-order valence-electron chi connectivity index (χ3n) is 3.36. The van der Waals surface area contributed by atoms with E-state index < -0.39 is 0 Å². The van der Waals surface area contributed by atoms with E-state index in [0.29, 0.717) is 0 Å². The Morgan fingerprint density at radius 2 is 1.67 bits per heavy atom. The maximum atomic E-state index is 12.2. The lowest BCUT2D eigenvalue weighted by molar-refractivity contribution is 0.0988. The maximum Gasteiger partial charge on any atom is 0.181 e. The summed E-state index contributed by atoms with van der Waals surface area (Å²) in [4.78, 5) is 12.2. The molecule has 1 aliphatic heterocycles. The number of benzene rings is 2. The summed E-state index contributed by atoms with van der Waals surface area (Å²) in [6.07, 6.45) is 0. The van der Waals surface area contributed by atoms with E-state index >= 15 is 0 Å². The Balaban J connectivity index is 1.75. The molecule has 90 valence electrons. The molecule has 1 heterocycles. The molecule has 0 aromatic heterocycles. The fraction of sp³-hybridized carbons (Fsp3) is 0.188. The molecule has 2 atom stereocenters. The smallest absolute Gasteiger partial charge is 0.181 e. The minimum absolute atomic E-state index is 0.0601. The van der Waals surface area contributed by atoms with Crippen molar-refractivity contribution in [1.82, 2.24) is 5.32 Å². The van der Waals surface area contributed by atoms with Crippen LogP contribution in [-0.2, 0) is 0 Å². The minimum Gasteiger partial charge on any atom is -0.297 e. The molecule has 0 radical (unpaired) electrons. The van der Waals surface area contributed by atoms with Crippen molar-refractivity contribution < 1.29 is 4.79 Å². The molecule has 2 aromatic rings. The zero-order valence-corrected chi connectivity index (χ0v) is 10.3. The highest BCUT2D eigenvalue weighted by molar-refractivity contribution is 6.02. The summed E-state index contributed by atoms with van der Waals surface area (Å²) >= 11 is 0. The van der Waals surface area contributed by atoms with Crippen molar-refractivity contribution in [2.24, 2.45) is 0 Å². The molecule has 1 aliphatic rings. The van der Waals surface area contributed by atoms with Crippen molar-refractivity contribution in [1.29, 1.82) is 0 Å². The van der Waals surface area contributed by atoms with Crippen LogP contribution in [0.25, 0.3) is 0 Å². The van der Waals surface area contributed by atoms with E-state index in [1.807, 2.05) is 30.3 Å². The van der Waals surface area contributed by atoms with Crippen molar-refractivity contribution in [2.75, 3.05) is 0 Å². The van der Waals surface area contributed by atoms with Crippen LogP contribution in [-0.4, -0.2) is 11.8 Å². The molecule has 2 aromatic carbocycles. The van der Waals surface area contributed by atoms with Gasteiger partial charge in [-0.2, -0.15) is 0 Å². The SMILES string of the molecule is Cc1ccc([C@H]2N[C@@H]2C(=O)c2ccccc2)cc1. The summed E-state index contributed by atoms with van der Waals surface area (Å²) in [7, 11) is 0. The molecule has 3 rings (SSSR count). The van der Waals surface area contributed by atoms with Gasteiger partial charge in [-0.05, 0) is 12.5 Å².